The lowest BCUT2D eigenvalue weighted by molar-refractivity contribution is -0.0715. The average molecular weight is 221 g/mol. The van der Waals surface area contributed by atoms with Gasteiger partial charge in [-0.1, -0.05) is 13.8 Å². The Morgan fingerprint density at radius 1 is 0.875 bits per heavy atom. The van der Waals surface area contributed by atoms with Gasteiger partial charge in [0, 0.05) is 12.1 Å². The monoisotopic (exact) mass is 221 g/mol. The Labute approximate surface area is 100 Å². The largest absolute Gasteiger partial charge is 0.312 e. The summed E-state index contributed by atoms with van der Waals surface area (Å²) in [6, 6.07) is 1.38. The zero-order valence-electron chi connectivity index (χ0n) is 11.1. The van der Waals surface area contributed by atoms with Crippen molar-refractivity contribution in [2.24, 2.45) is 23.2 Å². The first-order valence-corrected chi connectivity index (χ1v) is 7.33. The Morgan fingerprint density at radius 2 is 1.31 bits per heavy atom. The van der Waals surface area contributed by atoms with Gasteiger partial charge in [-0.25, -0.2) is 0 Å². The topological polar surface area (TPSA) is 12.0 Å². The van der Waals surface area contributed by atoms with Crippen molar-refractivity contribution in [2.45, 2.75) is 71.4 Å². The third-order valence-electron chi connectivity index (χ3n) is 5.59. The van der Waals surface area contributed by atoms with E-state index in [0.717, 1.165) is 23.8 Å². The normalized spacial score (nSPS) is 47.6. The SMILES string of the molecule is CC(C)NC(C)C12CC3CC(CC(C3)C1)C2. The van der Waals surface area contributed by atoms with Crippen LogP contribution in [0.2, 0.25) is 0 Å². The quantitative estimate of drug-likeness (QED) is 0.768. The lowest BCUT2D eigenvalue weighted by atomic mass is 9.48. The molecule has 0 spiro atoms. The van der Waals surface area contributed by atoms with Gasteiger partial charge in [0.2, 0.25) is 0 Å². The van der Waals surface area contributed by atoms with Gasteiger partial charge in [-0.3, -0.25) is 0 Å². The lowest BCUT2D eigenvalue weighted by Crippen LogP contribution is -2.55. The van der Waals surface area contributed by atoms with Crippen molar-refractivity contribution in [1.82, 2.24) is 5.32 Å². The van der Waals surface area contributed by atoms with E-state index in [2.05, 4.69) is 26.1 Å². The van der Waals surface area contributed by atoms with E-state index in [4.69, 9.17) is 0 Å². The molecule has 4 aliphatic carbocycles. The van der Waals surface area contributed by atoms with Crippen LogP contribution >= 0.6 is 0 Å². The molecule has 92 valence electrons. The molecule has 0 aromatic heterocycles. The van der Waals surface area contributed by atoms with Crippen molar-refractivity contribution in [3.8, 4) is 0 Å². The van der Waals surface area contributed by atoms with Crippen molar-refractivity contribution in [3.63, 3.8) is 0 Å². The highest BCUT2D eigenvalue weighted by atomic mass is 15.0. The van der Waals surface area contributed by atoms with Gasteiger partial charge in [-0.15, -0.1) is 0 Å². The molecule has 4 bridgehead atoms. The molecule has 0 aliphatic heterocycles. The molecule has 4 rings (SSSR count). The minimum Gasteiger partial charge on any atom is -0.312 e. The van der Waals surface area contributed by atoms with E-state index < -0.39 is 0 Å². The third-order valence-corrected chi connectivity index (χ3v) is 5.59. The molecule has 16 heavy (non-hydrogen) atoms. The van der Waals surface area contributed by atoms with Crippen molar-refractivity contribution in [1.29, 1.82) is 0 Å². The highest BCUT2D eigenvalue weighted by Crippen LogP contribution is 2.61. The zero-order valence-corrected chi connectivity index (χ0v) is 11.1. The maximum absolute atomic E-state index is 3.80. The molecule has 1 unspecified atom stereocenters. The van der Waals surface area contributed by atoms with Crippen LogP contribution in [0.15, 0.2) is 0 Å². The van der Waals surface area contributed by atoms with E-state index in [-0.39, 0.29) is 0 Å². The van der Waals surface area contributed by atoms with Gasteiger partial charge in [0.25, 0.3) is 0 Å². The third kappa shape index (κ3) is 1.72. The molecule has 0 aromatic carbocycles. The Hall–Kier alpha value is -0.0400. The maximum atomic E-state index is 3.80. The predicted molar refractivity (Wildman–Crippen MR) is 68.3 cm³/mol. The molecule has 0 aromatic rings. The van der Waals surface area contributed by atoms with Crippen LogP contribution in [0.1, 0.15) is 59.3 Å². The minimum atomic E-state index is 0.642. The molecular formula is C15H27N. The van der Waals surface area contributed by atoms with E-state index in [1.807, 2.05) is 0 Å². The van der Waals surface area contributed by atoms with Gasteiger partial charge in [0.1, 0.15) is 0 Å². The molecule has 0 amide bonds. The summed E-state index contributed by atoms with van der Waals surface area (Å²) in [5, 5.41) is 3.80. The van der Waals surface area contributed by atoms with Crippen molar-refractivity contribution in [2.75, 3.05) is 0 Å². The highest BCUT2D eigenvalue weighted by molar-refractivity contribution is 5.05. The van der Waals surface area contributed by atoms with Crippen molar-refractivity contribution < 1.29 is 0 Å². The second-order valence-corrected chi connectivity index (χ2v) is 7.32. The van der Waals surface area contributed by atoms with E-state index in [1.54, 1.807) is 19.3 Å². The Balaban J connectivity index is 1.77. The minimum absolute atomic E-state index is 0.642. The Kier molecular flexibility index (Phi) is 2.58. The fourth-order valence-electron chi connectivity index (χ4n) is 5.38. The average Bonchev–Trinajstić information content (AvgIpc) is 2.13. The molecule has 0 radical (unpaired) electrons. The summed E-state index contributed by atoms with van der Waals surface area (Å²) in [5.41, 5.74) is 0.680. The summed E-state index contributed by atoms with van der Waals surface area (Å²) < 4.78 is 0. The Bertz CT molecular complexity index is 233. The zero-order chi connectivity index (χ0) is 11.3. The first kappa shape index (κ1) is 11.1. The molecule has 1 nitrogen and oxygen atoms in total. The molecular weight excluding hydrogens is 194 g/mol. The number of nitrogens with one attached hydrogen (secondary N) is 1. The van der Waals surface area contributed by atoms with Gasteiger partial charge in [-0.2, -0.15) is 0 Å². The van der Waals surface area contributed by atoms with Gasteiger partial charge in [-0.05, 0) is 68.6 Å². The first-order valence-electron chi connectivity index (χ1n) is 7.33. The summed E-state index contributed by atoms with van der Waals surface area (Å²) >= 11 is 0. The molecule has 4 saturated carbocycles. The molecule has 4 fully saturated rings. The standard InChI is InChI=1S/C15H27N/c1-10(2)16-11(3)15-7-12-4-13(8-15)6-14(5-12)9-15/h10-14,16H,4-9H2,1-3H3. The number of hydrogen-bond donors (Lipinski definition) is 1. The molecule has 1 atom stereocenters. The second kappa shape index (κ2) is 3.73. The molecule has 1 heteroatoms. The summed E-state index contributed by atoms with van der Waals surface area (Å²) in [6.07, 6.45) is 9.27. The van der Waals surface area contributed by atoms with Gasteiger partial charge in [0.05, 0.1) is 0 Å². The molecule has 1 N–H and O–H groups in total. The summed E-state index contributed by atoms with van der Waals surface area (Å²) in [7, 11) is 0. The van der Waals surface area contributed by atoms with Crippen LogP contribution in [0.5, 0.6) is 0 Å². The first-order chi connectivity index (χ1) is 7.57. The fraction of sp³-hybridized carbons (Fsp3) is 1.00. The van der Waals surface area contributed by atoms with Crippen LogP contribution in [0.4, 0.5) is 0 Å². The molecule has 0 heterocycles. The predicted octanol–water partition coefficient (Wildman–Crippen LogP) is 3.59. The lowest BCUT2D eigenvalue weighted by Gasteiger charge is -2.59. The molecule has 0 saturated heterocycles. The Morgan fingerprint density at radius 3 is 1.69 bits per heavy atom. The van der Waals surface area contributed by atoms with Crippen LogP contribution < -0.4 is 5.32 Å². The van der Waals surface area contributed by atoms with Crippen molar-refractivity contribution in [3.05, 3.63) is 0 Å². The van der Waals surface area contributed by atoms with Gasteiger partial charge in [0.15, 0.2) is 0 Å². The fourth-order valence-corrected chi connectivity index (χ4v) is 5.38. The summed E-state index contributed by atoms with van der Waals surface area (Å²) in [6.45, 7) is 7.03. The number of rotatable bonds is 3. The van der Waals surface area contributed by atoms with E-state index >= 15 is 0 Å². The van der Waals surface area contributed by atoms with Crippen LogP contribution in [0.3, 0.4) is 0 Å². The maximum Gasteiger partial charge on any atom is 0.00978 e. The smallest absolute Gasteiger partial charge is 0.00978 e. The van der Waals surface area contributed by atoms with E-state index in [9.17, 15) is 0 Å². The van der Waals surface area contributed by atoms with Crippen LogP contribution in [0.25, 0.3) is 0 Å². The van der Waals surface area contributed by atoms with Gasteiger partial charge >= 0.3 is 0 Å². The van der Waals surface area contributed by atoms with E-state index in [1.165, 1.54) is 19.3 Å². The van der Waals surface area contributed by atoms with Crippen LogP contribution in [0, 0.1) is 23.2 Å². The molecule has 4 aliphatic rings. The second-order valence-electron chi connectivity index (χ2n) is 7.32. The summed E-state index contributed by atoms with van der Waals surface area (Å²) in [4.78, 5) is 0. The number of hydrogen-bond acceptors (Lipinski definition) is 1. The van der Waals surface area contributed by atoms with E-state index in [0.29, 0.717) is 11.5 Å². The van der Waals surface area contributed by atoms with Crippen molar-refractivity contribution >= 4 is 0 Å². The van der Waals surface area contributed by atoms with Crippen LogP contribution in [-0.4, -0.2) is 12.1 Å². The van der Waals surface area contributed by atoms with Gasteiger partial charge < -0.3 is 5.32 Å². The highest BCUT2D eigenvalue weighted by Gasteiger charge is 2.52. The summed E-state index contributed by atoms with van der Waals surface area (Å²) in [5.74, 6) is 3.26. The van der Waals surface area contributed by atoms with Crippen LogP contribution in [-0.2, 0) is 0 Å².